The zero-order valence-electron chi connectivity index (χ0n) is 15.7. The van der Waals surface area contributed by atoms with E-state index in [-0.39, 0.29) is 17.7 Å². The number of aromatic nitrogens is 1. The summed E-state index contributed by atoms with van der Waals surface area (Å²) in [5.41, 5.74) is 1.60. The summed E-state index contributed by atoms with van der Waals surface area (Å²) in [5, 5.41) is 5.92. The van der Waals surface area contributed by atoms with Crippen LogP contribution in [0, 0.1) is 0 Å². The fourth-order valence-electron chi connectivity index (χ4n) is 3.35. The Hall–Kier alpha value is -2.41. The average Bonchev–Trinajstić information content (AvgIpc) is 3.16. The van der Waals surface area contributed by atoms with Gasteiger partial charge >= 0.3 is 0 Å². The Balaban J connectivity index is 1.65. The first-order valence-electron chi connectivity index (χ1n) is 9.19. The highest BCUT2D eigenvalue weighted by Gasteiger charge is 2.28. The van der Waals surface area contributed by atoms with Gasteiger partial charge in [-0.05, 0) is 25.0 Å². The molecule has 1 saturated heterocycles. The highest BCUT2D eigenvalue weighted by molar-refractivity contribution is 7.09. The van der Waals surface area contributed by atoms with Gasteiger partial charge in [-0.2, -0.15) is 0 Å². The minimum Gasteiger partial charge on any atom is -0.496 e. The van der Waals surface area contributed by atoms with Crippen LogP contribution in [0.5, 0.6) is 5.75 Å². The molecule has 27 heavy (non-hydrogen) atoms. The fraction of sp³-hybridized carbons (Fsp3) is 0.450. The molecule has 1 unspecified atom stereocenters. The number of para-hydroxylation sites is 1. The van der Waals surface area contributed by atoms with E-state index >= 15 is 0 Å². The third-order valence-corrected chi connectivity index (χ3v) is 5.78. The predicted molar refractivity (Wildman–Crippen MR) is 105 cm³/mol. The molecule has 1 aromatic heterocycles. The summed E-state index contributed by atoms with van der Waals surface area (Å²) in [7, 11) is 1.59. The molecule has 0 aliphatic carbocycles. The van der Waals surface area contributed by atoms with Gasteiger partial charge < -0.3 is 15.0 Å². The van der Waals surface area contributed by atoms with Gasteiger partial charge in [0, 0.05) is 44.3 Å². The Morgan fingerprint density at radius 1 is 1.37 bits per heavy atom. The second kappa shape index (κ2) is 8.99. The molecule has 144 valence electrons. The maximum atomic E-state index is 13.0. The molecule has 0 radical (unpaired) electrons. The molecule has 1 aliphatic heterocycles. The first-order chi connectivity index (χ1) is 13.1. The zero-order chi connectivity index (χ0) is 19.2. The predicted octanol–water partition coefficient (Wildman–Crippen LogP) is 2.85. The number of hydrogen-bond donors (Lipinski definition) is 1. The van der Waals surface area contributed by atoms with E-state index in [0.717, 1.165) is 36.5 Å². The molecule has 0 bridgehead atoms. The summed E-state index contributed by atoms with van der Waals surface area (Å²) in [6.07, 6.45) is 2.73. The van der Waals surface area contributed by atoms with E-state index in [4.69, 9.17) is 9.72 Å². The third-order valence-electron chi connectivity index (χ3n) is 4.72. The Labute approximate surface area is 163 Å². The minimum atomic E-state index is -0.0248. The van der Waals surface area contributed by atoms with Crippen LogP contribution in [0.3, 0.4) is 0 Å². The topological polar surface area (TPSA) is 71.5 Å². The number of benzene rings is 1. The molecule has 0 saturated carbocycles. The van der Waals surface area contributed by atoms with Crippen LogP contribution in [0.1, 0.15) is 46.7 Å². The molecule has 1 atom stereocenters. The number of nitrogens with one attached hydrogen (secondary N) is 1. The highest BCUT2D eigenvalue weighted by Crippen LogP contribution is 2.31. The molecule has 3 rings (SSSR count). The molecule has 1 aromatic carbocycles. The first-order valence-corrected chi connectivity index (χ1v) is 10.1. The van der Waals surface area contributed by atoms with E-state index in [9.17, 15) is 9.59 Å². The molecule has 6 nitrogen and oxygen atoms in total. The van der Waals surface area contributed by atoms with E-state index in [0.29, 0.717) is 24.4 Å². The van der Waals surface area contributed by atoms with Crippen molar-refractivity contribution < 1.29 is 14.3 Å². The lowest BCUT2D eigenvalue weighted by molar-refractivity contribution is -0.118. The van der Waals surface area contributed by atoms with E-state index in [1.165, 1.54) is 6.92 Å². The standard InChI is InChI=1S/C20H25N3O3S/c1-14(24)21-10-9-16-13-27-19(22-16)15-6-5-11-23(12-15)20(25)17-7-3-4-8-18(17)26-2/h3-4,7-8,13,15H,5-6,9-12H2,1-2H3,(H,21,24). The lowest BCUT2D eigenvalue weighted by Crippen LogP contribution is -2.39. The molecule has 0 spiro atoms. The Bertz CT molecular complexity index is 805. The fourth-order valence-corrected chi connectivity index (χ4v) is 4.33. The number of hydrogen-bond acceptors (Lipinski definition) is 5. The molecule has 1 fully saturated rings. The SMILES string of the molecule is COc1ccccc1C(=O)N1CCCC(c2nc(CCNC(C)=O)cs2)C1. The Morgan fingerprint density at radius 2 is 2.19 bits per heavy atom. The molecule has 1 aliphatic rings. The van der Waals surface area contributed by atoms with Gasteiger partial charge in [-0.3, -0.25) is 9.59 Å². The lowest BCUT2D eigenvalue weighted by atomic mass is 9.98. The number of nitrogens with zero attached hydrogens (tertiary/aromatic N) is 2. The Morgan fingerprint density at radius 3 is 2.96 bits per heavy atom. The number of thiazole rings is 1. The maximum Gasteiger partial charge on any atom is 0.257 e. The van der Waals surface area contributed by atoms with Gasteiger partial charge in [0.05, 0.1) is 23.4 Å². The highest BCUT2D eigenvalue weighted by atomic mass is 32.1. The average molecular weight is 388 g/mol. The summed E-state index contributed by atoms with van der Waals surface area (Å²) in [6, 6.07) is 7.36. The van der Waals surface area contributed by atoms with Gasteiger partial charge in [-0.1, -0.05) is 12.1 Å². The van der Waals surface area contributed by atoms with Crippen LogP contribution >= 0.6 is 11.3 Å². The monoisotopic (exact) mass is 387 g/mol. The number of carbonyl (C=O) groups is 2. The van der Waals surface area contributed by atoms with E-state index in [1.807, 2.05) is 29.2 Å². The van der Waals surface area contributed by atoms with Crippen molar-refractivity contribution in [3.8, 4) is 5.75 Å². The van der Waals surface area contributed by atoms with E-state index in [1.54, 1.807) is 18.4 Å². The molecule has 2 aromatic rings. The van der Waals surface area contributed by atoms with Gasteiger partial charge in [0.25, 0.3) is 5.91 Å². The third kappa shape index (κ3) is 4.86. The first kappa shape index (κ1) is 19.4. The number of piperidine rings is 1. The van der Waals surface area contributed by atoms with Crippen molar-refractivity contribution in [3.05, 3.63) is 45.9 Å². The molecule has 2 amide bonds. The molecular weight excluding hydrogens is 362 g/mol. The van der Waals surface area contributed by atoms with Gasteiger partial charge in [-0.15, -0.1) is 11.3 Å². The Kier molecular flexibility index (Phi) is 6.45. The number of carbonyl (C=O) groups excluding carboxylic acids is 2. The minimum absolute atomic E-state index is 0.0135. The van der Waals surface area contributed by atoms with Crippen LogP contribution in [0.15, 0.2) is 29.6 Å². The van der Waals surface area contributed by atoms with Crippen LogP contribution in [-0.4, -0.2) is 48.4 Å². The molecular formula is C20H25N3O3S. The quantitative estimate of drug-likeness (QED) is 0.827. The van der Waals surface area contributed by atoms with Gasteiger partial charge in [0.1, 0.15) is 5.75 Å². The summed E-state index contributed by atoms with van der Waals surface area (Å²) in [5.74, 6) is 0.860. The van der Waals surface area contributed by atoms with Crippen LogP contribution in [-0.2, 0) is 11.2 Å². The maximum absolute atomic E-state index is 13.0. The summed E-state index contributed by atoms with van der Waals surface area (Å²) in [6.45, 7) is 3.55. The van der Waals surface area contributed by atoms with E-state index < -0.39 is 0 Å². The number of ether oxygens (including phenoxy) is 1. The lowest BCUT2D eigenvalue weighted by Gasteiger charge is -2.32. The van der Waals surface area contributed by atoms with Crippen molar-refractivity contribution in [2.45, 2.75) is 32.1 Å². The molecule has 2 heterocycles. The van der Waals surface area contributed by atoms with Crippen LogP contribution < -0.4 is 10.1 Å². The van der Waals surface area contributed by atoms with Gasteiger partial charge in [0.15, 0.2) is 0 Å². The smallest absolute Gasteiger partial charge is 0.257 e. The molecule has 1 N–H and O–H groups in total. The van der Waals surface area contributed by atoms with Crippen molar-refractivity contribution in [2.75, 3.05) is 26.7 Å². The van der Waals surface area contributed by atoms with Crippen molar-refractivity contribution >= 4 is 23.2 Å². The normalized spacial score (nSPS) is 16.8. The molecule has 7 heteroatoms. The van der Waals surface area contributed by atoms with Crippen molar-refractivity contribution in [1.29, 1.82) is 0 Å². The largest absolute Gasteiger partial charge is 0.496 e. The number of rotatable bonds is 6. The zero-order valence-corrected chi connectivity index (χ0v) is 16.6. The summed E-state index contributed by atoms with van der Waals surface area (Å²) in [4.78, 5) is 30.6. The van der Waals surface area contributed by atoms with Crippen LogP contribution in [0.4, 0.5) is 0 Å². The summed E-state index contributed by atoms with van der Waals surface area (Å²) < 4.78 is 5.34. The number of amides is 2. The van der Waals surface area contributed by atoms with Crippen LogP contribution in [0.25, 0.3) is 0 Å². The van der Waals surface area contributed by atoms with Gasteiger partial charge in [0.2, 0.25) is 5.91 Å². The van der Waals surface area contributed by atoms with Crippen molar-refractivity contribution in [1.82, 2.24) is 15.2 Å². The van der Waals surface area contributed by atoms with Crippen molar-refractivity contribution in [3.63, 3.8) is 0 Å². The van der Waals surface area contributed by atoms with Crippen molar-refractivity contribution in [2.24, 2.45) is 0 Å². The van der Waals surface area contributed by atoms with E-state index in [2.05, 4.69) is 10.7 Å². The number of likely N-dealkylation sites (tertiary alicyclic amines) is 1. The van der Waals surface area contributed by atoms with Crippen LogP contribution in [0.2, 0.25) is 0 Å². The van der Waals surface area contributed by atoms with Gasteiger partial charge in [-0.25, -0.2) is 4.98 Å². The second-order valence-corrected chi connectivity index (χ2v) is 7.59. The summed E-state index contributed by atoms with van der Waals surface area (Å²) >= 11 is 1.65. The number of methoxy groups -OCH3 is 1. The second-order valence-electron chi connectivity index (χ2n) is 6.70.